The van der Waals surface area contributed by atoms with Gasteiger partial charge in [0.15, 0.2) is 0 Å². The number of rotatable bonds is 30. The number of carbonyl (C=O) groups excluding carboxylic acids is 6. The van der Waals surface area contributed by atoms with Crippen LogP contribution in [0.4, 0.5) is 0 Å². The lowest BCUT2D eigenvalue weighted by atomic mass is 9.73. The Hall–Kier alpha value is -5.76. The molecule has 0 aromatic heterocycles. The standard InChI is InChI=1S/C48H63N3O15/c52-16-19-61-22-25-64-46(58)40(28-34-10-4-1-5-11-34)49-43(55)37-31-38(44(56)50-41(29-35-12-6-2-7-13-35)47(59)65-26-23-62-20-17-53)33-39(32-37)45(57)51-42(30-36-14-8-3-9-15-36)48(60)66-27-24-63-21-18-54/h1-15,37-42,52-54H,16-33H2,(H,49,55)(H,50,56)(H,51,57). The number of nitrogens with one attached hydrogen (secondary N) is 3. The molecule has 0 heterocycles. The first kappa shape index (κ1) is 52.9. The number of amides is 3. The molecule has 3 atom stereocenters. The molecular weight excluding hydrogens is 859 g/mol. The normalized spacial score (nSPS) is 17.0. The average molecular weight is 922 g/mol. The van der Waals surface area contributed by atoms with Gasteiger partial charge in [0.05, 0.1) is 59.5 Å². The lowest BCUT2D eigenvalue weighted by Gasteiger charge is -2.34. The minimum Gasteiger partial charge on any atom is -0.462 e. The maximum atomic E-state index is 14.3. The van der Waals surface area contributed by atoms with Crippen molar-refractivity contribution in [1.82, 2.24) is 16.0 Å². The fourth-order valence-electron chi connectivity index (χ4n) is 7.36. The summed E-state index contributed by atoms with van der Waals surface area (Å²) in [7, 11) is 0. The molecule has 0 spiro atoms. The number of aliphatic hydroxyl groups excluding tert-OH is 3. The third-order valence-corrected chi connectivity index (χ3v) is 10.6. The number of ether oxygens (including phenoxy) is 6. The van der Waals surface area contributed by atoms with Gasteiger partial charge >= 0.3 is 17.9 Å². The summed E-state index contributed by atoms with van der Waals surface area (Å²) in [5, 5.41) is 35.5. The number of aliphatic hydroxyl groups is 3. The van der Waals surface area contributed by atoms with Crippen LogP contribution >= 0.6 is 0 Å². The summed E-state index contributed by atoms with van der Waals surface area (Å²) in [5.41, 5.74) is 2.17. The van der Waals surface area contributed by atoms with Crippen LogP contribution in [0.1, 0.15) is 36.0 Å². The van der Waals surface area contributed by atoms with Crippen molar-refractivity contribution in [2.45, 2.75) is 56.7 Å². The van der Waals surface area contributed by atoms with Crippen LogP contribution in [0.15, 0.2) is 91.0 Å². The van der Waals surface area contributed by atoms with E-state index in [1.165, 1.54) is 0 Å². The van der Waals surface area contributed by atoms with Crippen molar-refractivity contribution >= 4 is 35.6 Å². The van der Waals surface area contributed by atoms with Gasteiger partial charge in [-0.1, -0.05) is 91.0 Å². The molecule has 1 aliphatic rings. The highest BCUT2D eigenvalue weighted by Crippen LogP contribution is 2.35. The van der Waals surface area contributed by atoms with E-state index in [9.17, 15) is 28.8 Å². The Balaban J connectivity index is 1.60. The molecule has 0 bridgehead atoms. The Labute approximate surface area is 384 Å². The first-order valence-corrected chi connectivity index (χ1v) is 22.2. The Bertz CT molecular complexity index is 1680. The van der Waals surface area contributed by atoms with E-state index in [0.717, 1.165) is 16.7 Å². The van der Waals surface area contributed by atoms with Crippen molar-refractivity contribution in [2.75, 3.05) is 79.3 Å². The number of carbonyl (C=O) groups is 6. The van der Waals surface area contributed by atoms with Crippen LogP contribution in [0.5, 0.6) is 0 Å². The van der Waals surface area contributed by atoms with Gasteiger partial charge < -0.3 is 59.7 Å². The van der Waals surface area contributed by atoms with Crippen LogP contribution < -0.4 is 16.0 Å². The molecule has 3 aromatic rings. The third kappa shape index (κ3) is 19.4. The third-order valence-electron chi connectivity index (χ3n) is 10.6. The molecule has 4 rings (SSSR count). The molecule has 1 saturated carbocycles. The van der Waals surface area contributed by atoms with Gasteiger partial charge in [0, 0.05) is 37.0 Å². The van der Waals surface area contributed by atoms with Gasteiger partial charge in [0.2, 0.25) is 17.7 Å². The molecule has 3 amide bonds. The molecule has 1 aliphatic carbocycles. The zero-order valence-corrected chi connectivity index (χ0v) is 37.1. The summed E-state index contributed by atoms with van der Waals surface area (Å²) in [5.74, 6) is -7.10. The Morgan fingerprint density at radius 3 is 0.909 bits per heavy atom. The molecule has 3 aromatic carbocycles. The van der Waals surface area contributed by atoms with Crippen molar-refractivity contribution in [3.05, 3.63) is 108 Å². The summed E-state index contributed by atoms with van der Waals surface area (Å²) in [6, 6.07) is 23.4. The second-order valence-corrected chi connectivity index (χ2v) is 15.6. The Morgan fingerprint density at radius 1 is 0.409 bits per heavy atom. The van der Waals surface area contributed by atoms with Crippen LogP contribution in [-0.2, 0) is 76.5 Å². The number of esters is 3. The van der Waals surface area contributed by atoms with Gasteiger partial charge in [0.25, 0.3) is 0 Å². The monoisotopic (exact) mass is 921 g/mol. The maximum absolute atomic E-state index is 14.3. The minimum atomic E-state index is -1.17. The topological polar surface area (TPSA) is 255 Å². The van der Waals surface area contributed by atoms with E-state index in [-0.39, 0.29) is 118 Å². The molecule has 0 saturated heterocycles. The number of hydrogen-bond donors (Lipinski definition) is 6. The minimum absolute atomic E-state index is 0.0150. The van der Waals surface area contributed by atoms with Gasteiger partial charge in [0.1, 0.15) is 37.9 Å². The van der Waals surface area contributed by atoms with Crippen LogP contribution in [0.2, 0.25) is 0 Å². The highest BCUT2D eigenvalue weighted by molar-refractivity contribution is 5.91. The Kier molecular flexibility index (Phi) is 24.4. The summed E-state index contributed by atoms with van der Waals surface area (Å²) in [4.78, 5) is 83.5. The highest BCUT2D eigenvalue weighted by atomic mass is 16.6. The predicted molar refractivity (Wildman–Crippen MR) is 237 cm³/mol. The van der Waals surface area contributed by atoms with Crippen molar-refractivity contribution in [3.63, 3.8) is 0 Å². The van der Waals surface area contributed by atoms with Crippen molar-refractivity contribution in [1.29, 1.82) is 0 Å². The molecule has 360 valence electrons. The van der Waals surface area contributed by atoms with E-state index >= 15 is 0 Å². The summed E-state index contributed by atoms with van der Waals surface area (Å²) in [6.07, 6.45) is 0.00320. The first-order chi connectivity index (χ1) is 32.1. The van der Waals surface area contributed by atoms with Crippen LogP contribution in [0.3, 0.4) is 0 Å². The second-order valence-electron chi connectivity index (χ2n) is 15.6. The van der Waals surface area contributed by atoms with Crippen LogP contribution in [-0.4, -0.2) is 148 Å². The summed E-state index contributed by atoms with van der Waals surface area (Å²) in [6.45, 7) is -0.850. The van der Waals surface area contributed by atoms with Gasteiger partial charge in [-0.2, -0.15) is 0 Å². The fourth-order valence-corrected chi connectivity index (χ4v) is 7.36. The Morgan fingerprint density at radius 2 is 0.667 bits per heavy atom. The largest absolute Gasteiger partial charge is 0.462 e. The highest BCUT2D eigenvalue weighted by Gasteiger charge is 2.42. The molecule has 18 nitrogen and oxygen atoms in total. The van der Waals surface area contributed by atoms with Crippen molar-refractivity contribution in [3.8, 4) is 0 Å². The van der Waals surface area contributed by atoms with Gasteiger partial charge in [-0.15, -0.1) is 0 Å². The van der Waals surface area contributed by atoms with E-state index < -0.39 is 71.5 Å². The molecular formula is C48H63N3O15. The summed E-state index contributed by atoms with van der Waals surface area (Å²) < 4.78 is 32.0. The average Bonchev–Trinajstić information content (AvgIpc) is 3.33. The zero-order valence-electron chi connectivity index (χ0n) is 37.1. The van der Waals surface area contributed by atoms with E-state index in [0.29, 0.717) is 0 Å². The molecule has 3 unspecified atom stereocenters. The molecule has 6 N–H and O–H groups in total. The fraction of sp³-hybridized carbons (Fsp3) is 0.500. The summed E-state index contributed by atoms with van der Waals surface area (Å²) >= 11 is 0. The maximum Gasteiger partial charge on any atom is 0.329 e. The lowest BCUT2D eigenvalue weighted by molar-refractivity contribution is -0.151. The smallest absolute Gasteiger partial charge is 0.329 e. The number of benzene rings is 3. The van der Waals surface area contributed by atoms with Crippen LogP contribution in [0.25, 0.3) is 0 Å². The van der Waals surface area contributed by atoms with E-state index in [1.807, 2.05) is 18.2 Å². The molecule has 0 radical (unpaired) electrons. The van der Waals surface area contributed by atoms with Crippen molar-refractivity contribution in [2.24, 2.45) is 17.8 Å². The van der Waals surface area contributed by atoms with E-state index in [4.69, 9.17) is 43.7 Å². The van der Waals surface area contributed by atoms with Crippen molar-refractivity contribution < 1.29 is 72.5 Å². The molecule has 0 aliphatic heterocycles. The van der Waals surface area contributed by atoms with Crippen LogP contribution in [0, 0.1) is 17.8 Å². The molecule has 1 fully saturated rings. The quantitative estimate of drug-likeness (QED) is 0.0308. The second kappa shape index (κ2) is 30.4. The lowest BCUT2D eigenvalue weighted by Crippen LogP contribution is -2.52. The molecule has 18 heteroatoms. The molecule has 66 heavy (non-hydrogen) atoms. The SMILES string of the molecule is O=C(NC(Cc1ccccc1)C(=O)OCCOCCO)C1CC(C(=O)NC(Cc2ccccc2)C(=O)OCCOCCO)CC(C(=O)NC(Cc2ccccc2)C(=O)OCCOCCO)C1. The van der Waals surface area contributed by atoms with E-state index in [1.54, 1.807) is 72.8 Å². The van der Waals surface area contributed by atoms with Gasteiger partial charge in [-0.05, 0) is 36.0 Å². The van der Waals surface area contributed by atoms with E-state index in [2.05, 4.69) is 16.0 Å². The first-order valence-electron chi connectivity index (χ1n) is 22.2. The van der Waals surface area contributed by atoms with Gasteiger partial charge in [-0.3, -0.25) is 14.4 Å². The van der Waals surface area contributed by atoms with Gasteiger partial charge in [-0.25, -0.2) is 14.4 Å². The number of hydrogen-bond acceptors (Lipinski definition) is 15. The zero-order chi connectivity index (χ0) is 47.4. The predicted octanol–water partition coefficient (Wildman–Crippen LogP) is 0.858.